The number of carbonyl (C=O) groups excluding carboxylic acids is 2. The van der Waals surface area contributed by atoms with Gasteiger partial charge < -0.3 is 19.7 Å². The Morgan fingerprint density at radius 2 is 1.56 bits per heavy atom. The minimum Gasteiger partial charge on any atom is -0.449 e. The monoisotopic (exact) mass is 234 g/mol. The molecule has 0 aliphatic carbocycles. The molecule has 0 saturated carbocycles. The number of carboxylic acid groups (broad SMARTS) is 2. The lowest BCUT2D eigenvalue weighted by molar-refractivity contribution is -0.150. The van der Waals surface area contributed by atoms with Crippen molar-refractivity contribution < 1.29 is 38.9 Å². The van der Waals surface area contributed by atoms with Gasteiger partial charge in [0.05, 0.1) is 12.3 Å². The molecule has 16 heavy (non-hydrogen) atoms. The molecule has 0 radical (unpaired) electrons. The van der Waals surface area contributed by atoms with Gasteiger partial charge in [-0.3, -0.25) is 9.59 Å². The average molecular weight is 234 g/mol. The van der Waals surface area contributed by atoms with Gasteiger partial charge in [-0.15, -0.1) is 0 Å². The van der Waals surface area contributed by atoms with Crippen molar-refractivity contribution in [3.8, 4) is 0 Å². The van der Waals surface area contributed by atoms with Crippen molar-refractivity contribution in [3.63, 3.8) is 0 Å². The van der Waals surface area contributed by atoms with Gasteiger partial charge in [-0.2, -0.15) is 0 Å². The first-order chi connectivity index (χ1) is 7.36. The zero-order chi connectivity index (χ0) is 12.7. The first-order valence-electron chi connectivity index (χ1n) is 4.25. The highest BCUT2D eigenvalue weighted by atomic mass is 16.7. The second-order valence-electron chi connectivity index (χ2n) is 2.74. The molecule has 0 aromatic rings. The molecule has 0 heterocycles. The molecule has 1 unspecified atom stereocenters. The van der Waals surface area contributed by atoms with E-state index in [2.05, 4.69) is 9.47 Å². The average Bonchev–Trinajstić information content (AvgIpc) is 2.11. The first kappa shape index (κ1) is 13.9. The zero-order valence-corrected chi connectivity index (χ0v) is 8.34. The highest BCUT2D eigenvalue weighted by Crippen LogP contribution is 2.11. The molecule has 0 amide bonds. The van der Waals surface area contributed by atoms with Gasteiger partial charge in [0.25, 0.3) is 0 Å². The van der Waals surface area contributed by atoms with Gasteiger partial charge in [-0.05, 0) is 6.42 Å². The number of hydrogen-bond donors (Lipinski definition) is 2. The molecule has 0 aliphatic heterocycles. The van der Waals surface area contributed by atoms with Gasteiger partial charge in [-0.1, -0.05) is 6.92 Å². The third-order valence-electron chi connectivity index (χ3n) is 1.63. The Morgan fingerprint density at radius 1 is 1.06 bits per heavy atom. The summed E-state index contributed by atoms with van der Waals surface area (Å²) in [5.74, 6) is -3.29. The van der Waals surface area contributed by atoms with Crippen LogP contribution in [0.25, 0.3) is 0 Å². The Kier molecular flexibility index (Phi) is 5.53. The van der Waals surface area contributed by atoms with Crippen molar-refractivity contribution in [1.29, 1.82) is 0 Å². The summed E-state index contributed by atoms with van der Waals surface area (Å²) in [6, 6.07) is 0. The van der Waals surface area contributed by atoms with E-state index in [1.807, 2.05) is 0 Å². The molecule has 0 bridgehead atoms. The van der Waals surface area contributed by atoms with Crippen LogP contribution in [-0.2, 0) is 19.1 Å². The summed E-state index contributed by atoms with van der Waals surface area (Å²) in [7, 11) is 0. The standard InChI is InChI=1S/C8H10O8/c1-2-4(6(10)16-8(13)14)3-5(9)15-7(11)12/h4H,2-3H2,1H3,(H,11,12)(H,13,14). The van der Waals surface area contributed by atoms with E-state index in [0.29, 0.717) is 0 Å². The molecule has 0 rings (SSSR count). The Morgan fingerprint density at radius 3 is 1.94 bits per heavy atom. The van der Waals surface area contributed by atoms with Crippen molar-refractivity contribution in [3.05, 3.63) is 0 Å². The van der Waals surface area contributed by atoms with Crippen LogP contribution in [0.15, 0.2) is 0 Å². The van der Waals surface area contributed by atoms with Crippen LogP contribution < -0.4 is 0 Å². The predicted octanol–water partition coefficient (Wildman–Crippen LogP) is 0.845. The quantitative estimate of drug-likeness (QED) is 0.541. The number of rotatable bonds is 4. The van der Waals surface area contributed by atoms with Crippen LogP contribution in [0, 0.1) is 5.92 Å². The SMILES string of the molecule is CCC(CC(=O)OC(=O)O)C(=O)OC(=O)O. The molecule has 2 N–H and O–H groups in total. The third kappa shape index (κ3) is 5.58. The summed E-state index contributed by atoms with van der Waals surface area (Å²) in [6.45, 7) is 1.52. The summed E-state index contributed by atoms with van der Waals surface area (Å²) in [5, 5.41) is 16.3. The van der Waals surface area contributed by atoms with Crippen molar-refractivity contribution >= 4 is 24.2 Å². The number of esters is 2. The van der Waals surface area contributed by atoms with Gasteiger partial charge in [0, 0.05) is 0 Å². The molecule has 8 nitrogen and oxygen atoms in total. The predicted molar refractivity (Wildman–Crippen MR) is 46.6 cm³/mol. The summed E-state index contributed by atoms with van der Waals surface area (Å²) in [6.07, 6.45) is -3.99. The van der Waals surface area contributed by atoms with Gasteiger partial charge in [0.1, 0.15) is 0 Å². The molecule has 1 atom stereocenters. The molecule has 0 aliphatic rings. The summed E-state index contributed by atoms with van der Waals surface area (Å²) in [5.41, 5.74) is 0. The number of hydrogen-bond acceptors (Lipinski definition) is 6. The van der Waals surface area contributed by atoms with Crippen molar-refractivity contribution in [2.45, 2.75) is 19.8 Å². The molecule has 0 aromatic heterocycles. The van der Waals surface area contributed by atoms with E-state index in [0.717, 1.165) is 0 Å². The normalized spacial score (nSPS) is 11.3. The minimum atomic E-state index is -1.79. The highest BCUT2D eigenvalue weighted by Gasteiger charge is 2.25. The van der Waals surface area contributed by atoms with E-state index < -0.39 is 36.6 Å². The van der Waals surface area contributed by atoms with E-state index in [-0.39, 0.29) is 6.42 Å². The molecule has 0 saturated heterocycles. The van der Waals surface area contributed by atoms with Crippen LogP contribution in [0.3, 0.4) is 0 Å². The van der Waals surface area contributed by atoms with Crippen molar-refractivity contribution in [1.82, 2.24) is 0 Å². The fourth-order valence-corrected chi connectivity index (χ4v) is 0.904. The van der Waals surface area contributed by atoms with Crippen LogP contribution in [0.4, 0.5) is 9.59 Å². The third-order valence-corrected chi connectivity index (χ3v) is 1.63. The molecule has 0 aromatic carbocycles. The topological polar surface area (TPSA) is 127 Å². The number of carbonyl (C=O) groups is 4. The molecule has 0 spiro atoms. The minimum absolute atomic E-state index is 0.126. The molecule has 0 fully saturated rings. The van der Waals surface area contributed by atoms with Crippen LogP contribution in [0.1, 0.15) is 19.8 Å². The summed E-state index contributed by atoms with van der Waals surface area (Å²) < 4.78 is 7.59. The van der Waals surface area contributed by atoms with Gasteiger partial charge in [0.2, 0.25) is 0 Å². The smallest absolute Gasteiger partial charge is 0.449 e. The lowest BCUT2D eigenvalue weighted by atomic mass is 10.0. The second-order valence-corrected chi connectivity index (χ2v) is 2.74. The highest BCUT2D eigenvalue weighted by molar-refractivity contribution is 5.88. The van der Waals surface area contributed by atoms with E-state index in [1.165, 1.54) is 6.92 Å². The van der Waals surface area contributed by atoms with Gasteiger partial charge in [0.15, 0.2) is 0 Å². The lowest BCUT2D eigenvalue weighted by Gasteiger charge is -2.09. The Labute approximate surface area is 89.8 Å². The maximum Gasteiger partial charge on any atom is 0.513 e. The van der Waals surface area contributed by atoms with Crippen LogP contribution >= 0.6 is 0 Å². The second kappa shape index (κ2) is 6.38. The van der Waals surface area contributed by atoms with Crippen LogP contribution in [0.2, 0.25) is 0 Å². The van der Waals surface area contributed by atoms with Crippen LogP contribution in [0.5, 0.6) is 0 Å². The van der Waals surface area contributed by atoms with E-state index in [4.69, 9.17) is 10.2 Å². The maximum atomic E-state index is 11.0. The summed E-state index contributed by atoms with van der Waals surface area (Å²) >= 11 is 0. The fraction of sp³-hybridized carbons (Fsp3) is 0.500. The van der Waals surface area contributed by atoms with Crippen LogP contribution in [-0.4, -0.2) is 34.5 Å². The largest absolute Gasteiger partial charge is 0.513 e. The van der Waals surface area contributed by atoms with Gasteiger partial charge >= 0.3 is 24.2 Å². The molecular formula is C8H10O8. The Balaban J connectivity index is 4.29. The summed E-state index contributed by atoms with van der Waals surface area (Å²) in [4.78, 5) is 41.9. The molecule has 90 valence electrons. The fourth-order valence-electron chi connectivity index (χ4n) is 0.904. The Hall–Kier alpha value is -2.12. The zero-order valence-electron chi connectivity index (χ0n) is 8.34. The van der Waals surface area contributed by atoms with Crippen molar-refractivity contribution in [2.75, 3.05) is 0 Å². The maximum absolute atomic E-state index is 11.0. The van der Waals surface area contributed by atoms with E-state index >= 15 is 0 Å². The Bertz CT molecular complexity index is 307. The van der Waals surface area contributed by atoms with E-state index in [1.54, 1.807) is 0 Å². The number of ether oxygens (including phenoxy) is 2. The van der Waals surface area contributed by atoms with Gasteiger partial charge in [-0.25, -0.2) is 9.59 Å². The lowest BCUT2D eigenvalue weighted by Crippen LogP contribution is -2.24. The van der Waals surface area contributed by atoms with E-state index in [9.17, 15) is 19.2 Å². The molecular weight excluding hydrogens is 224 g/mol. The van der Waals surface area contributed by atoms with Crippen molar-refractivity contribution in [2.24, 2.45) is 5.92 Å². The molecule has 8 heteroatoms. The first-order valence-corrected chi connectivity index (χ1v) is 4.25.